The van der Waals surface area contributed by atoms with Gasteiger partial charge in [0.05, 0.1) is 0 Å². The SMILES string of the molecule is Cc1ccc(C(C)NC(C)CCS(C)=O)cc1F. The molecule has 3 atom stereocenters. The molecule has 0 aliphatic carbocycles. The number of benzene rings is 1. The summed E-state index contributed by atoms with van der Waals surface area (Å²) in [5.74, 6) is 0.534. The van der Waals surface area contributed by atoms with Crippen LogP contribution in [0.4, 0.5) is 4.39 Å². The van der Waals surface area contributed by atoms with Crippen LogP contribution in [-0.4, -0.2) is 22.3 Å². The van der Waals surface area contributed by atoms with Crippen molar-refractivity contribution in [3.8, 4) is 0 Å². The number of hydrogen-bond donors (Lipinski definition) is 1. The average Bonchev–Trinajstić information content (AvgIpc) is 2.30. The third-order valence-electron chi connectivity index (χ3n) is 3.07. The Bertz CT molecular complexity index is 422. The molecule has 0 aromatic heterocycles. The van der Waals surface area contributed by atoms with Crippen LogP contribution in [0.5, 0.6) is 0 Å². The monoisotopic (exact) mass is 271 g/mol. The Balaban J connectivity index is 2.56. The molecule has 0 aliphatic rings. The van der Waals surface area contributed by atoms with Gasteiger partial charge < -0.3 is 5.32 Å². The fraction of sp³-hybridized carbons (Fsp3) is 0.571. The van der Waals surface area contributed by atoms with Gasteiger partial charge in [-0.15, -0.1) is 0 Å². The average molecular weight is 271 g/mol. The lowest BCUT2D eigenvalue weighted by Gasteiger charge is -2.20. The van der Waals surface area contributed by atoms with Crippen LogP contribution in [0.1, 0.15) is 37.4 Å². The molecule has 1 aromatic carbocycles. The van der Waals surface area contributed by atoms with E-state index in [1.165, 1.54) is 0 Å². The van der Waals surface area contributed by atoms with Crippen molar-refractivity contribution in [3.05, 3.63) is 35.1 Å². The standard InChI is InChI=1S/C14H22FNOS/c1-10-5-6-13(9-14(10)15)12(3)16-11(2)7-8-18(4)17/h5-6,9,11-12,16H,7-8H2,1-4H3. The van der Waals surface area contributed by atoms with E-state index in [2.05, 4.69) is 12.2 Å². The number of nitrogens with one attached hydrogen (secondary N) is 1. The van der Waals surface area contributed by atoms with Gasteiger partial charge in [-0.05, 0) is 44.4 Å². The van der Waals surface area contributed by atoms with E-state index in [0.717, 1.165) is 12.0 Å². The molecule has 2 nitrogen and oxygen atoms in total. The van der Waals surface area contributed by atoms with Crippen LogP contribution >= 0.6 is 0 Å². The van der Waals surface area contributed by atoms with Crippen LogP contribution in [0, 0.1) is 12.7 Å². The summed E-state index contributed by atoms with van der Waals surface area (Å²) in [6.45, 7) is 5.84. The summed E-state index contributed by atoms with van der Waals surface area (Å²) in [6.07, 6.45) is 2.58. The first-order valence-corrected chi connectivity index (χ1v) is 7.95. The molecule has 3 unspecified atom stereocenters. The molecule has 1 N–H and O–H groups in total. The Kier molecular flexibility index (Phi) is 5.96. The highest BCUT2D eigenvalue weighted by molar-refractivity contribution is 7.84. The molecule has 0 radical (unpaired) electrons. The van der Waals surface area contributed by atoms with E-state index in [9.17, 15) is 8.60 Å². The zero-order valence-electron chi connectivity index (χ0n) is 11.5. The van der Waals surface area contributed by atoms with Crippen LogP contribution in [-0.2, 0) is 10.8 Å². The highest BCUT2D eigenvalue weighted by Gasteiger charge is 2.11. The molecule has 0 fully saturated rings. The molecule has 18 heavy (non-hydrogen) atoms. The zero-order chi connectivity index (χ0) is 13.7. The van der Waals surface area contributed by atoms with Crippen LogP contribution in [0.15, 0.2) is 18.2 Å². The Labute approximate surface area is 111 Å². The van der Waals surface area contributed by atoms with E-state index in [1.54, 1.807) is 25.3 Å². The maximum atomic E-state index is 13.5. The molecule has 4 heteroatoms. The summed E-state index contributed by atoms with van der Waals surface area (Å²) >= 11 is 0. The van der Waals surface area contributed by atoms with Gasteiger partial charge in [0.15, 0.2) is 0 Å². The fourth-order valence-electron chi connectivity index (χ4n) is 1.83. The second-order valence-corrected chi connectivity index (χ2v) is 6.42. The molecular weight excluding hydrogens is 249 g/mol. The minimum absolute atomic E-state index is 0.0976. The van der Waals surface area contributed by atoms with E-state index >= 15 is 0 Å². The number of rotatable bonds is 6. The van der Waals surface area contributed by atoms with E-state index in [1.807, 2.05) is 13.0 Å². The van der Waals surface area contributed by atoms with Crippen LogP contribution < -0.4 is 5.32 Å². The zero-order valence-corrected chi connectivity index (χ0v) is 12.3. The summed E-state index contributed by atoms with van der Waals surface area (Å²) in [7, 11) is -0.752. The van der Waals surface area contributed by atoms with Gasteiger partial charge in [-0.25, -0.2) is 4.39 Å². The molecule has 0 amide bonds. The Hall–Kier alpha value is -0.740. The smallest absolute Gasteiger partial charge is 0.126 e. The van der Waals surface area contributed by atoms with E-state index in [4.69, 9.17) is 0 Å². The van der Waals surface area contributed by atoms with Gasteiger partial charge in [-0.3, -0.25) is 4.21 Å². The molecule has 0 saturated heterocycles. The van der Waals surface area contributed by atoms with Gasteiger partial charge in [-0.2, -0.15) is 0 Å². The molecule has 102 valence electrons. The van der Waals surface area contributed by atoms with Gasteiger partial charge in [0, 0.05) is 34.9 Å². The normalized spacial score (nSPS) is 16.3. The van der Waals surface area contributed by atoms with Gasteiger partial charge in [0.25, 0.3) is 0 Å². The van der Waals surface area contributed by atoms with Crippen molar-refractivity contribution in [1.29, 1.82) is 0 Å². The summed E-state index contributed by atoms with van der Waals surface area (Å²) in [5.41, 5.74) is 1.61. The van der Waals surface area contributed by atoms with Gasteiger partial charge in [0.2, 0.25) is 0 Å². The Morgan fingerprint density at radius 1 is 1.39 bits per heavy atom. The Morgan fingerprint density at radius 2 is 2.06 bits per heavy atom. The highest BCUT2D eigenvalue weighted by Crippen LogP contribution is 2.17. The van der Waals surface area contributed by atoms with Crippen molar-refractivity contribution >= 4 is 10.8 Å². The molecule has 0 heterocycles. The summed E-state index contributed by atoms with van der Waals surface area (Å²) in [6, 6.07) is 5.70. The lowest BCUT2D eigenvalue weighted by molar-refractivity contribution is 0.468. The third-order valence-corrected chi connectivity index (χ3v) is 3.88. The van der Waals surface area contributed by atoms with E-state index < -0.39 is 10.8 Å². The largest absolute Gasteiger partial charge is 0.308 e. The van der Waals surface area contributed by atoms with Gasteiger partial charge >= 0.3 is 0 Å². The first-order valence-electron chi connectivity index (χ1n) is 6.22. The minimum Gasteiger partial charge on any atom is -0.308 e. The summed E-state index contributed by atoms with van der Waals surface area (Å²) in [5, 5.41) is 3.40. The second-order valence-electron chi connectivity index (χ2n) is 4.86. The maximum Gasteiger partial charge on any atom is 0.126 e. The first-order chi connectivity index (χ1) is 8.40. The first kappa shape index (κ1) is 15.3. The number of halogens is 1. The van der Waals surface area contributed by atoms with Crippen LogP contribution in [0.3, 0.4) is 0 Å². The van der Waals surface area contributed by atoms with E-state index in [0.29, 0.717) is 11.3 Å². The van der Waals surface area contributed by atoms with Crippen molar-refractivity contribution in [2.45, 2.75) is 39.3 Å². The predicted octanol–water partition coefficient (Wildman–Crippen LogP) is 2.94. The van der Waals surface area contributed by atoms with Crippen molar-refractivity contribution < 1.29 is 8.60 Å². The Morgan fingerprint density at radius 3 is 2.61 bits per heavy atom. The lowest BCUT2D eigenvalue weighted by atomic mass is 10.0. The van der Waals surface area contributed by atoms with Crippen molar-refractivity contribution in [3.63, 3.8) is 0 Å². The minimum atomic E-state index is -0.752. The molecule has 0 aliphatic heterocycles. The lowest BCUT2D eigenvalue weighted by Crippen LogP contribution is -2.30. The highest BCUT2D eigenvalue weighted by atomic mass is 32.2. The van der Waals surface area contributed by atoms with Gasteiger partial charge in [0.1, 0.15) is 5.82 Å². The molecule has 1 rings (SSSR count). The third kappa shape index (κ3) is 4.86. The van der Waals surface area contributed by atoms with Crippen LogP contribution in [0.2, 0.25) is 0 Å². The number of aryl methyl sites for hydroxylation is 1. The second kappa shape index (κ2) is 7.00. The van der Waals surface area contributed by atoms with Gasteiger partial charge in [-0.1, -0.05) is 12.1 Å². The molecule has 1 aromatic rings. The van der Waals surface area contributed by atoms with Crippen molar-refractivity contribution in [2.24, 2.45) is 0 Å². The maximum absolute atomic E-state index is 13.5. The topological polar surface area (TPSA) is 29.1 Å². The van der Waals surface area contributed by atoms with E-state index in [-0.39, 0.29) is 17.9 Å². The molecular formula is C14H22FNOS. The molecule has 0 bridgehead atoms. The van der Waals surface area contributed by atoms with Crippen LogP contribution in [0.25, 0.3) is 0 Å². The predicted molar refractivity (Wildman–Crippen MR) is 75.7 cm³/mol. The quantitative estimate of drug-likeness (QED) is 0.862. The molecule has 0 saturated carbocycles. The summed E-state index contributed by atoms with van der Waals surface area (Å²) in [4.78, 5) is 0. The fourth-order valence-corrected chi connectivity index (χ4v) is 2.51. The number of hydrogen-bond acceptors (Lipinski definition) is 2. The molecule has 0 spiro atoms. The van der Waals surface area contributed by atoms with Crippen molar-refractivity contribution in [2.75, 3.05) is 12.0 Å². The summed E-state index contributed by atoms with van der Waals surface area (Å²) < 4.78 is 24.5. The van der Waals surface area contributed by atoms with Crippen molar-refractivity contribution in [1.82, 2.24) is 5.32 Å².